The second kappa shape index (κ2) is 4.12. The molecule has 6 heteroatoms. The Balaban J connectivity index is 1.88. The summed E-state index contributed by atoms with van der Waals surface area (Å²) in [6.07, 6.45) is 3.24. The van der Waals surface area contributed by atoms with Crippen molar-refractivity contribution < 1.29 is 9.90 Å². The van der Waals surface area contributed by atoms with Crippen molar-refractivity contribution in [3.05, 3.63) is 21.6 Å². The molecule has 0 unspecified atom stereocenters. The topological polar surface area (TPSA) is 86.3 Å². The number of aromatic amines is 1. The van der Waals surface area contributed by atoms with E-state index in [-0.39, 0.29) is 11.5 Å². The fraction of sp³-hybridized carbons (Fsp3) is 0.583. The summed E-state index contributed by atoms with van der Waals surface area (Å²) in [6.45, 7) is 1.07. The van der Waals surface area contributed by atoms with E-state index in [0.29, 0.717) is 25.5 Å². The van der Waals surface area contributed by atoms with Gasteiger partial charge in [0.05, 0.1) is 11.6 Å². The highest BCUT2D eigenvalue weighted by atomic mass is 16.4. The Morgan fingerprint density at radius 1 is 1.44 bits per heavy atom. The predicted octanol–water partition coefficient (Wildman–Crippen LogP) is 0.169. The summed E-state index contributed by atoms with van der Waals surface area (Å²) in [4.78, 5) is 31.9. The van der Waals surface area contributed by atoms with Gasteiger partial charge < -0.3 is 10.0 Å². The first-order valence-electron chi connectivity index (χ1n) is 6.25. The average Bonchev–Trinajstić information content (AvgIpc) is 2.97. The van der Waals surface area contributed by atoms with Crippen LogP contribution in [-0.2, 0) is 17.6 Å². The lowest BCUT2D eigenvalue weighted by Gasteiger charge is -2.16. The molecule has 2 heterocycles. The number of carboxylic acid groups (broad SMARTS) is 1. The summed E-state index contributed by atoms with van der Waals surface area (Å²) >= 11 is 0. The maximum atomic E-state index is 11.9. The van der Waals surface area contributed by atoms with Gasteiger partial charge in [-0.15, -0.1) is 0 Å². The number of fused-ring (bicyclic) bond motifs is 1. The van der Waals surface area contributed by atoms with Gasteiger partial charge in [-0.1, -0.05) is 0 Å². The molecule has 0 aromatic carbocycles. The third kappa shape index (κ3) is 1.77. The van der Waals surface area contributed by atoms with Crippen molar-refractivity contribution in [1.29, 1.82) is 0 Å². The van der Waals surface area contributed by atoms with Crippen LogP contribution >= 0.6 is 0 Å². The summed E-state index contributed by atoms with van der Waals surface area (Å²) in [5.41, 5.74) is 1.62. The molecular formula is C12H15N3O3. The van der Waals surface area contributed by atoms with E-state index in [4.69, 9.17) is 5.11 Å². The number of nitrogens with zero attached hydrogens (tertiary/aromatic N) is 2. The van der Waals surface area contributed by atoms with Crippen molar-refractivity contribution in [1.82, 2.24) is 9.97 Å². The number of aromatic nitrogens is 2. The molecule has 1 aromatic heterocycles. The number of aryl methyl sites for hydroxylation is 1. The van der Waals surface area contributed by atoms with Crippen molar-refractivity contribution in [3.63, 3.8) is 0 Å². The lowest BCUT2D eigenvalue weighted by atomic mass is 10.1. The standard InChI is InChI=1S/C12H15N3O3/c16-10-8-2-1-3-9(8)13-12(14-10)15-5-4-7(6-15)11(17)18/h7H,1-6H2,(H,17,18)(H,13,14,16)/t7-/m1/s1. The highest BCUT2D eigenvalue weighted by Gasteiger charge is 2.30. The Labute approximate surface area is 104 Å². The molecule has 0 radical (unpaired) electrons. The minimum absolute atomic E-state index is 0.0636. The zero-order valence-electron chi connectivity index (χ0n) is 9.98. The highest BCUT2D eigenvalue weighted by molar-refractivity contribution is 5.71. The Kier molecular flexibility index (Phi) is 2.57. The van der Waals surface area contributed by atoms with Gasteiger partial charge in [0.2, 0.25) is 5.95 Å². The number of carbonyl (C=O) groups is 1. The van der Waals surface area contributed by atoms with Crippen LogP contribution in [0.5, 0.6) is 0 Å². The average molecular weight is 249 g/mol. The molecule has 1 aromatic rings. The molecule has 0 bridgehead atoms. The van der Waals surface area contributed by atoms with E-state index >= 15 is 0 Å². The Morgan fingerprint density at radius 2 is 2.28 bits per heavy atom. The predicted molar refractivity (Wildman–Crippen MR) is 64.8 cm³/mol. The van der Waals surface area contributed by atoms with Crippen LogP contribution in [0.3, 0.4) is 0 Å². The monoisotopic (exact) mass is 249 g/mol. The van der Waals surface area contributed by atoms with Gasteiger partial charge in [0.15, 0.2) is 0 Å². The van der Waals surface area contributed by atoms with E-state index in [1.165, 1.54) is 0 Å². The van der Waals surface area contributed by atoms with Crippen molar-refractivity contribution in [3.8, 4) is 0 Å². The van der Waals surface area contributed by atoms with Gasteiger partial charge in [-0.2, -0.15) is 0 Å². The number of hydrogen-bond donors (Lipinski definition) is 2. The summed E-state index contributed by atoms with van der Waals surface area (Å²) in [6, 6.07) is 0. The van der Waals surface area contributed by atoms with Crippen molar-refractivity contribution in [2.24, 2.45) is 5.92 Å². The number of carboxylic acids is 1. The molecule has 1 atom stereocenters. The molecule has 2 N–H and O–H groups in total. The normalized spacial score (nSPS) is 22.2. The van der Waals surface area contributed by atoms with Crippen LogP contribution in [0.1, 0.15) is 24.1 Å². The number of hydrogen-bond acceptors (Lipinski definition) is 4. The largest absolute Gasteiger partial charge is 0.481 e. The van der Waals surface area contributed by atoms with Gasteiger partial charge in [0, 0.05) is 18.7 Å². The number of rotatable bonds is 2. The summed E-state index contributed by atoms with van der Waals surface area (Å²) in [7, 11) is 0. The summed E-state index contributed by atoms with van der Waals surface area (Å²) in [5.74, 6) is -0.603. The number of anilines is 1. The molecule has 3 rings (SSSR count). The van der Waals surface area contributed by atoms with E-state index in [9.17, 15) is 9.59 Å². The maximum absolute atomic E-state index is 11.9. The van der Waals surface area contributed by atoms with Crippen LogP contribution < -0.4 is 10.5 Å². The highest BCUT2D eigenvalue weighted by Crippen LogP contribution is 2.23. The molecular weight excluding hydrogens is 234 g/mol. The molecule has 18 heavy (non-hydrogen) atoms. The number of aliphatic carboxylic acids is 1. The van der Waals surface area contributed by atoms with E-state index in [2.05, 4.69) is 9.97 Å². The Hall–Kier alpha value is -1.85. The molecule has 6 nitrogen and oxygen atoms in total. The lowest BCUT2D eigenvalue weighted by Crippen LogP contribution is -2.28. The molecule has 1 saturated heterocycles. The minimum Gasteiger partial charge on any atom is -0.481 e. The van der Waals surface area contributed by atoms with Gasteiger partial charge in [0.1, 0.15) is 0 Å². The second-order valence-corrected chi connectivity index (χ2v) is 4.94. The Bertz CT molecular complexity index is 552. The first-order valence-corrected chi connectivity index (χ1v) is 6.25. The van der Waals surface area contributed by atoms with Crippen LogP contribution in [0.25, 0.3) is 0 Å². The smallest absolute Gasteiger partial charge is 0.308 e. The van der Waals surface area contributed by atoms with Gasteiger partial charge in [-0.3, -0.25) is 14.6 Å². The first-order chi connectivity index (χ1) is 8.65. The maximum Gasteiger partial charge on any atom is 0.308 e. The summed E-state index contributed by atoms with van der Waals surface area (Å²) in [5, 5.41) is 8.97. The zero-order valence-corrected chi connectivity index (χ0v) is 9.98. The van der Waals surface area contributed by atoms with Crippen LogP contribution in [0, 0.1) is 5.92 Å². The van der Waals surface area contributed by atoms with E-state index in [1.54, 1.807) is 0 Å². The fourth-order valence-electron chi connectivity index (χ4n) is 2.73. The molecule has 0 spiro atoms. The van der Waals surface area contributed by atoms with Crippen LogP contribution in [-0.4, -0.2) is 34.1 Å². The molecule has 1 aliphatic heterocycles. The molecule has 1 fully saturated rings. The zero-order chi connectivity index (χ0) is 12.7. The molecule has 2 aliphatic rings. The SMILES string of the molecule is O=C(O)[C@@H]1CCN(c2nc3c(c(=O)[nH]2)CCC3)C1. The van der Waals surface area contributed by atoms with Gasteiger partial charge in [-0.05, 0) is 25.7 Å². The quantitative estimate of drug-likeness (QED) is 0.780. The number of H-pyrrole nitrogens is 1. The first kappa shape index (κ1) is 11.3. The van der Waals surface area contributed by atoms with Crippen LogP contribution in [0.4, 0.5) is 5.95 Å². The second-order valence-electron chi connectivity index (χ2n) is 4.94. The molecule has 0 saturated carbocycles. The van der Waals surface area contributed by atoms with Crippen LogP contribution in [0.15, 0.2) is 4.79 Å². The van der Waals surface area contributed by atoms with Gasteiger partial charge in [0.25, 0.3) is 5.56 Å². The van der Waals surface area contributed by atoms with Gasteiger partial charge >= 0.3 is 5.97 Å². The van der Waals surface area contributed by atoms with E-state index < -0.39 is 5.97 Å². The van der Waals surface area contributed by atoms with E-state index in [0.717, 1.165) is 30.5 Å². The fourth-order valence-corrected chi connectivity index (χ4v) is 2.73. The van der Waals surface area contributed by atoms with Crippen LogP contribution in [0.2, 0.25) is 0 Å². The van der Waals surface area contributed by atoms with Crippen molar-refractivity contribution in [2.45, 2.75) is 25.7 Å². The minimum atomic E-state index is -0.777. The summed E-state index contributed by atoms with van der Waals surface area (Å²) < 4.78 is 0. The molecule has 0 amide bonds. The third-order valence-corrected chi connectivity index (χ3v) is 3.77. The lowest BCUT2D eigenvalue weighted by molar-refractivity contribution is -0.140. The van der Waals surface area contributed by atoms with Gasteiger partial charge in [-0.25, -0.2) is 4.98 Å². The molecule has 96 valence electrons. The third-order valence-electron chi connectivity index (χ3n) is 3.77. The van der Waals surface area contributed by atoms with E-state index in [1.807, 2.05) is 4.90 Å². The van der Waals surface area contributed by atoms with Crippen molar-refractivity contribution >= 4 is 11.9 Å². The number of nitrogens with one attached hydrogen (secondary N) is 1. The molecule has 1 aliphatic carbocycles. The van der Waals surface area contributed by atoms with Crippen molar-refractivity contribution in [2.75, 3.05) is 18.0 Å². The Morgan fingerprint density at radius 3 is 3.00 bits per heavy atom.